The van der Waals surface area contributed by atoms with Gasteiger partial charge in [0, 0.05) is 7.05 Å². The molecule has 0 atom stereocenters. The Morgan fingerprint density at radius 2 is 1.56 bits per heavy atom. The Bertz CT molecular complexity index is 70.6. The van der Waals surface area contributed by atoms with Crippen molar-refractivity contribution in [3.8, 4) is 0 Å². The number of carboxylic acid groups (broad SMARTS) is 1. The molecule has 4 nitrogen and oxygen atoms in total. The van der Waals surface area contributed by atoms with E-state index in [1.54, 1.807) is 0 Å². The zero-order chi connectivity index (χ0) is 7.86. The van der Waals surface area contributed by atoms with E-state index in [4.69, 9.17) is 5.11 Å². The highest BCUT2D eigenvalue weighted by Gasteiger charge is 1.76. The quantitative estimate of drug-likeness (QED) is 0.492. The molecule has 9 heavy (non-hydrogen) atoms. The minimum Gasteiger partial charge on any atom is -0.465 e. The smallest absolute Gasteiger partial charge is 0.404 e. The predicted molar refractivity (Wildman–Crippen MR) is 36.7 cm³/mol. The molecule has 0 saturated carbocycles. The molecule has 0 rings (SSSR count). The van der Waals surface area contributed by atoms with E-state index in [9.17, 15) is 4.79 Å². The largest absolute Gasteiger partial charge is 0.465 e. The van der Waals surface area contributed by atoms with Gasteiger partial charge in [0.25, 0.3) is 0 Å². The summed E-state index contributed by atoms with van der Waals surface area (Å²) in [6.45, 7) is 0. The molecular weight excluding hydrogens is 120 g/mol. The average molecular weight is 134 g/mol. The third-order valence-electron chi connectivity index (χ3n) is 0.214. The number of carbonyl (C=O) groups is 1. The van der Waals surface area contributed by atoms with Crippen LogP contribution in [0, 0.1) is 0 Å². The highest BCUT2D eigenvalue weighted by atomic mass is 16.4. The Kier molecular flexibility index (Phi) is 8.90. The normalized spacial score (nSPS) is 7.67. The number of amides is 1. The van der Waals surface area contributed by atoms with E-state index < -0.39 is 6.09 Å². The van der Waals surface area contributed by atoms with Crippen LogP contribution in [0.25, 0.3) is 0 Å². The van der Waals surface area contributed by atoms with Crippen LogP contribution in [-0.4, -0.2) is 44.3 Å². The maximum absolute atomic E-state index is 9.26. The first-order chi connectivity index (χ1) is 4.00. The van der Waals surface area contributed by atoms with Crippen LogP contribution in [0.3, 0.4) is 0 Å². The van der Waals surface area contributed by atoms with Crippen molar-refractivity contribution in [3.05, 3.63) is 0 Å². The van der Waals surface area contributed by atoms with Gasteiger partial charge in [0.15, 0.2) is 0 Å². The summed E-state index contributed by atoms with van der Waals surface area (Å²) in [7, 11) is 7.35. The lowest BCUT2D eigenvalue weighted by atomic mass is 11.0. The summed E-state index contributed by atoms with van der Waals surface area (Å²) >= 11 is 0. The maximum Gasteiger partial charge on any atom is 0.404 e. The van der Waals surface area contributed by atoms with Gasteiger partial charge >= 0.3 is 6.09 Å². The molecule has 1 amide bonds. The Balaban J connectivity index is 0. The second-order valence-electron chi connectivity index (χ2n) is 1.90. The highest BCUT2D eigenvalue weighted by Crippen LogP contribution is 1.47. The molecule has 0 aliphatic rings. The van der Waals surface area contributed by atoms with Crippen LogP contribution in [0.2, 0.25) is 0 Å². The molecular formula is C5H14N2O2. The molecule has 0 aromatic carbocycles. The second kappa shape index (κ2) is 7.23. The average Bonchev–Trinajstić information content (AvgIpc) is 1.65. The zero-order valence-electron chi connectivity index (χ0n) is 6.30. The van der Waals surface area contributed by atoms with Crippen molar-refractivity contribution in [1.29, 1.82) is 0 Å². The summed E-state index contributed by atoms with van der Waals surface area (Å²) in [5, 5.41) is 9.56. The van der Waals surface area contributed by atoms with Gasteiger partial charge in [0.1, 0.15) is 0 Å². The molecule has 0 aliphatic carbocycles. The molecule has 2 N–H and O–H groups in total. The second-order valence-corrected chi connectivity index (χ2v) is 1.90. The van der Waals surface area contributed by atoms with E-state index in [-0.39, 0.29) is 0 Å². The summed E-state index contributed by atoms with van der Waals surface area (Å²) in [4.78, 5) is 11.3. The van der Waals surface area contributed by atoms with Gasteiger partial charge in [-0.25, -0.2) is 4.79 Å². The van der Waals surface area contributed by atoms with Crippen LogP contribution in [-0.2, 0) is 0 Å². The Morgan fingerprint density at radius 3 is 1.56 bits per heavy atom. The molecule has 0 radical (unpaired) electrons. The van der Waals surface area contributed by atoms with Crippen molar-refractivity contribution < 1.29 is 9.90 Å². The van der Waals surface area contributed by atoms with Gasteiger partial charge in [-0.05, 0) is 21.1 Å². The Hall–Kier alpha value is -0.770. The van der Waals surface area contributed by atoms with Crippen LogP contribution >= 0.6 is 0 Å². The minimum absolute atomic E-state index is 0.995. The fraction of sp³-hybridized carbons (Fsp3) is 0.800. The Morgan fingerprint density at radius 1 is 1.44 bits per heavy atom. The van der Waals surface area contributed by atoms with E-state index in [1.165, 1.54) is 7.05 Å². The third-order valence-corrected chi connectivity index (χ3v) is 0.214. The van der Waals surface area contributed by atoms with Crippen molar-refractivity contribution in [3.63, 3.8) is 0 Å². The van der Waals surface area contributed by atoms with E-state index >= 15 is 0 Å². The molecule has 0 aromatic heterocycles. The van der Waals surface area contributed by atoms with Crippen LogP contribution in [0.5, 0.6) is 0 Å². The number of rotatable bonds is 0. The van der Waals surface area contributed by atoms with Crippen LogP contribution in [0.4, 0.5) is 4.79 Å². The first-order valence-corrected chi connectivity index (χ1v) is 2.52. The lowest BCUT2D eigenvalue weighted by molar-refractivity contribution is 0.197. The first-order valence-electron chi connectivity index (χ1n) is 2.52. The molecule has 0 saturated heterocycles. The molecule has 0 bridgehead atoms. The van der Waals surface area contributed by atoms with Crippen LogP contribution in [0.1, 0.15) is 0 Å². The van der Waals surface area contributed by atoms with Gasteiger partial charge in [-0.3, -0.25) is 0 Å². The maximum atomic E-state index is 9.26. The molecule has 0 spiro atoms. The summed E-state index contributed by atoms with van der Waals surface area (Å²) in [5.74, 6) is 0. The summed E-state index contributed by atoms with van der Waals surface area (Å²) < 4.78 is 0. The number of hydrogen-bond acceptors (Lipinski definition) is 2. The standard InChI is InChI=1S/C3H9N.C2H5NO2/c1-4(2)3;1-3-2(4)5/h1-3H3;3H,1H3,(H,4,5). The number of nitrogens with zero attached hydrogens (tertiary/aromatic N) is 1. The fourth-order valence-electron chi connectivity index (χ4n) is 0. The summed E-state index contributed by atoms with van der Waals surface area (Å²) in [6.07, 6.45) is -0.995. The molecule has 0 aliphatic heterocycles. The molecule has 0 unspecified atom stereocenters. The van der Waals surface area contributed by atoms with E-state index in [2.05, 4.69) is 0 Å². The van der Waals surface area contributed by atoms with Crippen molar-refractivity contribution in [2.45, 2.75) is 0 Å². The minimum atomic E-state index is -0.995. The number of hydrogen-bond donors (Lipinski definition) is 2. The highest BCUT2D eigenvalue weighted by molar-refractivity contribution is 5.63. The zero-order valence-corrected chi connectivity index (χ0v) is 6.30. The SMILES string of the molecule is CN(C)C.CNC(=O)O. The lowest BCUT2D eigenvalue weighted by Crippen LogP contribution is -2.13. The molecule has 0 heterocycles. The fourth-order valence-corrected chi connectivity index (χ4v) is 0. The van der Waals surface area contributed by atoms with Gasteiger partial charge in [-0.2, -0.15) is 0 Å². The van der Waals surface area contributed by atoms with Gasteiger partial charge in [0.05, 0.1) is 0 Å². The van der Waals surface area contributed by atoms with E-state index in [0.717, 1.165) is 0 Å². The predicted octanol–water partition coefficient (Wildman–Crippen LogP) is 0.0616. The molecule has 0 fully saturated rings. The molecule has 4 heteroatoms. The Labute approximate surface area is 55.5 Å². The topological polar surface area (TPSA) is 52.6 Å². The molecule has 0 aromatic rings. The first kappa shape index (κ1) is 11.1. The number of nitrogens with one attached hydrogen (secondary N) is 1. The third kappa shape index (κ3) is 131. The van der Waals surface area contributed by atoms with Crippen LogP contribution < -0.4 is 5.32 Å². The van der Waals surface area contributed by atoms with Gasteiger partial charge < -0.3 is 15.3 Å². The van der Waals surface area contributed by atoms with E-state index in [0.29, 0.717) is 0 Å². The van der Waals surface area contributed by atoms with Gasteiger partial charge in [-0.15, -0.1) is 0 Å². The van der Waals surface area contributed by atoms with E-state index in [1.807, 2.05) is 31.4 Å². The summed E-state index contributed by atoms with van der Waals surface area (Å²) in [5.41, 5.74) is 0. The lowest BCUT2D eigenvalue weighted by Gasteiger charge is -1.90. The monoisotopic (exact) mass is 134 g/mol. The van der Waals surface area contributed by atoms with Crippen molar-refractivity contribution in [2.75, 3.05) is 28.2 Å². The van der Waals surface area contributed by atoms with Gasteiger partial charge in [0.2, 0.25) is 0 Å². The van der Waals surface area contributed by atoms with Crippen molar-refractivity contribution >= 4 is 6.09 Å². The molecule has 56 valence electrons. The van der Waals surface area contributed by atoms with Crippen molar-refractivity contribution in [1.82, 2.24) is 10.2 Å². The van der Waals surface area contributed by atoms with Gasteiger partial charge in [-0.1, -0.05) is 0 Å². The van der Waals surface area contributed by atoms with Crippen molar-refractivity contribution in [2.24, 2.45) is 0 Å². The van der Waals surface area contributed by atoms with Crippen LogP contribution in [0.15, 0.2) is 0 Å². The summed E-state index contributed by atoms with van der Waals surface area (Å²) in [6, 6.07) is 0.